The van der Waals surface area contributed by atoms with Crippen LogP contribution in [-0.2, 0) is 67.6 Å². The second kappa shape index (κ2) is 44.3. The minimum Gasteiger partial charge on any atom is -0.497 e. The lowest BCUT2D eigenvalue weighted by atomic mass is 9.79. The van der Waals surface area contributed by atoms with Gasteiger partial charge in [-0.1, -0.05) is 204 Å². The van der Waals surface area contributed by atoms with Gasteiger partial charge in [0.2, 0.25) is 5.91 Å². The number of amides is 6. The van der Waals surface area contributed by atoms with Crippen molar-refractivity contribution in [2.45, 2.75) is 121 Å². The number of ether oxygens (including phenoxy) is 7. The molecule has 0 aromatic heterocycles. The first kappa shape index (κ1) is 91.2. The summed E-state index contributed by atoms with van der Waals surface area (Å²) in [6, 6.07) is 73.8. The number of methoxy groups -OCH3 is 3. The van der Waals surface area contributed by atoms with E-state index in [1.807, 2.05) is 0 Å². The van der Waals surface area contributed by atoms with Gasteiger partial charge in [-0.2, -0.15) is 0 Å². The summed E-state index contributed by atoms with van der Waals surface area (Å²) < 4.78 is 42.3. The number of benzene rings is 10. The summed E-state index contributed by atoms with van der Waals surface area (Å²) in [5.74, 6) is -15.2. The molecule has 0 saturated heterocycles. The molecule has 634 valence electrons. The first-order chi connectivity index (χ1) is 58.7. The zero-order valence-corrected chi connectivity index (χ0v) is 70.7. The summed E-state index contributed by atoms with van der Waals surface area (Å²) in [6.45, 7) is 10.00. The van der Waals surface area contributed by atoms with Crippen molar-refractivity contribution in [3.8, 4) is 17.2 Å². The zero-order chi connectivity index (χ0) is 87.4. The van der Waals surface area contributed by atoms with E-state index in [4.69, 9.17) is 56.4 Å². The average Bonchev–Trinajstić information content (AvgIpc) is 0.766. The standard InChI is InChI=1S/C97H100Cl2N6O17/c1-60(2)84(89(108)101-72-29-19-12-20-30-72)119-94(113)81(65-35-41-70(98)42-36-65)57-62(4)85(90(109)104-76-47-53-79(118-9)54-48-76)120-95(114)82(66-37-43-71(99)44-38-66)58-63(5)86(91(110)102-73-31-21-13-22-32-73)122-96(115)97(69-27-17-11-18-28-69,105-88(107)68-25-15-10-16-26-68)59-64(6)87(92(111)103-74-33-23-14-24-34-74)121-93(112)80(67-39-49-77(116-7)50-40-67)55-61(3)56-83(106)100-75-45-51-78(117-8)52-46-75/h10-54,60-64,80-82,84-87H,55-59H2,1-9H3,(H,100,106)(H,101,108)(H,102,110)(H,103,111)(H,104,109)(H,105,107). The van der Waals surface area contributed by atoms with Crippen molar-refractivity contribution in [1.29, 1.82) is 0 Å². The molecule has 0 fully saturated rings. The van der Waals surface area contributed by atoms with Gasteiger partial charge < -0.3 is 65.1 Å². The third-order valence-corrected chi connectivity index (χ3v) is 21.4. The largest absolute Gasteiger partial charge is 0.497 e. The Morgan fingerprint density at radius 1 is 0.336 bits per heavy atom. The number of carbonyl (C=O) groups is 10. The molecule has 0 aliphatic carbocycles. The van der Waals surface area contributed by atoms with E-state index in [2.05, 4.69) is 31.9 Å². The molecule has 12 unspecified atom stereocenters. The van der Waals surface area contributed by atoms with E-state index in [0.717, 1.165) is 0 Å². The SMILES string of the molecule is COc1ccc(NC(=O)CC(C)CC(C(=O)OC(C(=O)Nc2ccccc2)C(C)CC(NC(=O)c2ccccc2)(C(=O)OC(C(=O)Nc2ccccc2)C(C)CC(C(=O)OC(C(=O)Nc2ccc(OC)cc2)C(C)CC(C(=O)OC(C(=O)Nc2ccccc2)C(C)C)c2ccc(Cl)cc2)c2ccc(Cl)cc2)c2ccccc2)c2ccc(OC)cc2)cc1. The van der Waals surface area contributed by atoms with Gasteiger partial charge >= 0.3 is 23.9 Å². The third kappa shape index (κ3) is 25.5. The molecule has 10 aromatic rings. The Balaban J connectivity index is 1.03. The molecular weight excluding hydrogens is 1590 g/mol. The summed E-state index contributed by atoms with van der Waals surface area (Å²) in [5, 5.41) is 18.0. The molecule has 10 aromatic carbocycles. The van der Waals surface area contributed by atoms with Crippen molar-refractivity contribution >= 4 is 111 Å². The Kier molecular flexibility index (Phi) is 33.1. The van der Waals surface area contributed by atoms with Crippen LogP contribution in [0.1, 0.15) is 124 Å². The fourth-order valence-electron chi connectivity index (χ4n) is 14.4. The highest BCUT2D eigenvalue weighted by atomic mass is 35.5. The maximum absolute atomic E-state index is 16.8. The van der Waals surface area contributed by atoms with E-state index < -0.39 is 144 Å². The second-order valence-electron chi connectivity index (χ2n) is 30.5. The lowest BCUT2D eigenvalue weighted by molar-refractivity contribution is -0.168. The predicted octanol–water partition coefficient (Wildman–Crippen LogP) is 18.0. The Morgan fingerprint density at radius 3 is 1.03 bits per heavy atom. The number of nitrogens with one attached hydrogen (secondary N) is 6. The van der Waals surface area contributed by atoms with Crippen LogP contribution in [0.3, 0.4) is 0 Å². The molecule has 12 atom stereocenters. The number of anilines is 5. The Morgan fingerprint density at radius 2 is 0.648 bits per heavy atom. The number of halogens is 2. The lowest BCUT2D eigenvalue weighted by Gasteiger charge is -2.38. The van der Waals surface area contributed by atoms with E-state index in [9.17, 15) is 9.59 Å². The normalized spacial score (nSPS) is 14.3. The maximum Gasteiger partial charge on any atom is 0.337 e. The van der Waals surface area contributed by atoms with Crippen LogP contribution in [0, 0.1) is 29.6 Å². The van der Waals surface area contributed by atoms with E-state index >= 15 is 38.4 Å². The molecule has 122 heavy (non-hydrogen) atoms. The molecule has 0 heterocycles. The topological polar surface area (TPSA) is 307 Å². The van der Waals surface area contributed by atoms with Gasteiger partial charge in [-0.05, 0) is 193 Å². The Bertz CT molecular complexity index is 5140. The fourth-order valence-corrected chi connectivity index (χ4v) is 14.6. The Hall–Kier alpha value is -13.1. The predicted molar refractivity (Wildman–Crippen MR) is 469 cm³/mol. The quantitative estimate of drug-likeness (QED) is 0.0154. The minimum absolute atomic E-state index is 0.0269. The highest BCUT2D eigenvalue weighted by Gasteiger charge is 2.50. The fraction of sp³-hybridized carbons (Fsp3) is 0.278. The van der Waals surface area contributed by atoms with Crippen LogP contribution in [-0.4, -0.2) is 105 Å². The molecule has 10 rings (SSSR count). The van der Waals surface area contributed by atoms with Gasteiger partial charge in [-0.25, -0.2) is 4.79 Å². The second-order valence-corrected chi connectivity index (χ2v) is 31.4. The van der Waals surface area contributed by atoms with E-state index in [1.54, 1.807) is 290 Å². The molecule has 0 aliphatic rings. The van der Waals surface area contributed by atoms with Gasteiger partial charge in [0.05, 0.1) is 39.1 Å². The van der Waals surface area contributed by atoms with Crippen LogP contribution in [0.25, 0.3) is 0 Å². The van der Waals surface area contributed by atoms with Crippen molar-refractivity contribution < 1.29 is 81.1 Å². The van der Waals surface area contributed by atoms with Crippen LogP contribution in [0.5, 0.6) is 17.2 Å². The molecule has 0 spiro atoms. The van der Waals surface area contributed by atoms with Gasteiger partial charge in [0, 0.05) is 68.2 Å². The monoisotopic (exact) mass is 1690 g/mol. The molecule has 0 radical (unpaired) electrons. The number of hydrogen-bond acceptors (Lipinski definition) is 17. The van der Waals surface area contributed by atoms with Crippen LogP contribution in [0.4, 0.5) is 28.4 Å². The van der Waals surface area contributed by atoms with Crippen molar-refractivity contribution in [2.24, 2.45) is 29.6 Å². The van der Waals surface area contributed by atoms with E-state index in [-0.39, 0.29) is 58.3 Å². The van der Waals surface area contributed by atoms with Crippen molar-refractivity contribution in [2.75, 3.05) is 47.9 Å². The molecule has 23 nitrogen and oxygen atoms in total. The van der Waals surface area contributed by atoms with Gasteiger partial charge in [0.1, 0.15) is 17.2 Å². The zero-order valence-electron chi connectivity index (χ0n) is 69.1. The molecule has 25 heteroatoms. The summed E-state index contributed by atoms with van der Waals surface area (Å²) in [7, 11) is 4.51. The molecule has 0 saturated carbocycles. The summed E-state index contributed by atoms with van der Waals surface area (Å²) in [6.07, 6.45) is -8.01. The molecule has 0 bridgehead atoms. The molecule has 6 N–H and O–H groups in total. The number of hydrogen-bond donors (Lipinski definition) is 6. The summed E-state index contributed by atoms with van der Waals surface area (Å²) in [5.41, 5.74) is 0.698. The van der Waals surface area contributed by atoms with Gasteiger partial charge in [-0.15, -0.1) is 0 Å². The minimum atomic E-state index is -2.44. The molecular formula is C97H100Cl2N6O17. The van der Waals surface area contributed by atoms with Crippen molar-refractivity contribution in [3.05, 3.63) is 311 Å². The van der Waals surface area contributed by atoms with Crippen LogP contribution >= 0.6 is 23.2 Å². The first-order valence-electron chi connectivity index (χ1n) is 40.1. The van der Waals surface area contributed by atoms with Crippen LogP contribution in [0.2, 0.25) is 10.0 Å². The Labute approximate surface area is 720 Å². The highest BCUT2D eigenvalue weighted by molar-refractivity contribution is 6.31. The summed E-state index contributed by atoms with van der Waals surface area (Å²) in [4.78, 5) is 153. The number of para-hydroxylation sites is 3. The maximum atomic E-state index is 16.8. The lowest BCUT2D eigenvalue weighted by Crippen LogP contribution is -2.56. The number of carbonyl (C=O) groups excluding carboxylic acids is 10. The average molecular weight is 1690 g/mol. The first-order valence-corrected chi connectivity index (χ1v) is 40.8. The van der Waals surface area contributed by atoms with Crippen LogP contribution < -0.4 is 46.1 Å². The number of esters is 4. The highest BCUT2D eigenvalue weighted by Crippen LogP contribution is 2.40. The van der Waals surface area contributed by atoms with Gasteiger partial charge in [0.15, 0.2) is 30.0 Å². The molecule has 6 amide bonds. The summed E-state index contributed by atoms with van der Waals surface area (Å²) >= 11 is 13.0. The van der Waals surface area contributed by atoms with Gasteiger partial charge in [-0.3, -0.25) is 43.2 Å². The van der Waals surface area contributed by atoms with E-state index in [1.165, 1.54) is 45.6 Å². The van der Waals surface area contributed by atoms with Gasteiger partial charge in [0.25, 0.3) is 29.5 Å². The molecule has 0 aliphatic heterocycles. The number of rotatable bonds is 40. The van der Waals surface area contributed by atoms with E-state index in [0.29, 0.717) is 50.5 Å². The van der Waals surface area contributed by atoms with Crippen molar-refractivity contribution in [3.63, 3.8) is 0 Å². The van der Waals surface area contributed by atoms with Crippen LogP contribution in [0.15, 0.2) is 273 Å². The smallest absolute Gasteiger partial charge is 0.337 e. The third-order valence-electron chi connectivity index (χ3n) is 20.9. The van der Waals surface area contributed by atoms with Crippen molar-refractivity contribution in [1.82, 2.24) is 5.32 Å².